The second kappa shape index (κ2) is 8.80. The molecule has 0 aliphatic carbocycles. The number of benzene rings is 1. The van der Waals surface area contributed by atoms with E-state index in [1.165, 1.54) is 24.4 Å². The van der Waals surface area contributed by atoms with Gasteiger partial charge in [-0.25, -0.2) is 17.6 Å². The van der Waals surface area contributed by atoms with Gasteiger partial charge in [0.1, 0.15) is 5.82 Å². The first kappa shape index (κ1) is 23.0. The number of carbonyl (C=O) groups excluding carboxylic acids is 1. The van der Waals surface area contributed by atoms with Crippen LogP contribution in [0.15, 0.2) is 41.4 Å². The summed E-state index contributed by atoms with van der Waals surface area (Å²) in [6.45, 7) is 5.81. The van der Waals surface area contributed by atoms with E-state index >= 15 is 0 Å². The predicted molar refractivity (Wildman–Crippen MR) is 114 cm³/mol. The number of pyridine rings is 1. The average Bonchev–Trinajstić information content (AvgIpc) is 2.71. The summed E-state index contributed by atoms with van der Waals surface area (Å²) >= 11 is 0. The maximum absolute atomic E-state index is 13.3. The fraction of sp³-hybridized carbons (Fsp3) is 0.429. The SMILES string of the molecule is CC(C)(C)COC(=O)Nc1cnc2c(c1)N(S(=O)(=O)c1ccc(F)cc1)CC(CO)C2. The molecule has 1 aliphatic rings. The number of aliphatic hydroxyl groups is 1. The zero-order valence-electron chi connectivity index (χ0n) is 17.6. The van der Waals surface area contributed by atoms with Crippen molar-refractivity contribution in [2.45, 2.75) is 32.1 Å². The summed E-state index contributed by atoms with van der Waals surface area (Å²) in [6, 6.07) is 6.03. The van der Waals surface area contributed by atoms with Crippen LogP contribution in [0.1, 0.15) is 26.5 Å². The molecule has 0 radical (unpaired) electrons. The lowest BCUT2D eigenvalue weighted by atomic mass is 9.98. The van der Waals surface area contributed by atoms with Crippen molar-refractivity contribution in [2.75, 3.05) is 29.4 Å². The molecule has 10 heteroatoms. The lowest BCUT2D eigenvalue weighted by molar-refractivity contribution is 0.118. The summed E-state index contributed by atoms with van der Waals surface area (Å²) in [5.74, 6) is -0.890. The number of nitrogens with one attached hydrogen (secondary N) is 1. The standard InChI is InChI=1S/C21H26FN3O5S/c1-21(2,3)13-30-20(27)24-16-9-19-18(23-10-16)8-14(12-26)11-25(19)31(28,29)17-6-4-15(22)5-7-17/h4-7,9-10,14,26H,8,11-13H2,1-3H3,(H,24,27). The molecule has 1 aromatic carbocycles. The Morgan fingerprint density at radius 3 is 2.61 bits per heavy atom. The molecule has 0 saturated carbocycles. The van der Waals surface area contributed by atoms with Crippen molar-refractivity contribution in [1.29, 1.82) is 0 Å². The van der Waals surface area contributed by atoms with E-state index in [1.54, 1.807) is 0 Å². The van der Waals surface area contributed by atoms with Gasteiger partial charge in [-0.2, -0.15) is 0 Å². The first-order valence-electron chi connectivity index (χ1n) is 9.81. The zero-order chi connectivity index (χ0) is 22.8. The molecular weight excluding hydrogens is 425 g/mol. The molecule has 1 aliphatic heterocycles. The number of hydrogen-bond donors (Lipinski definition) is 2. The van der Waals surface area contributed by atoms with Gasteiger partial charge >= 0.3 is 6.09 Å². The van der Waals surface area contributed by atoms with Gasteiger partial charge < -0.3 is 9.84 Å². The van der Waals surface area contributed by atoms with Gasteiger partial charge in [0.25, 0.3) is 10.0 Å². The predicted octanol–water partition coefficient (Wildman–Crippen LogP) is 3.18. The Hall–Kier alpha value is -2.72. The molecule has 31 heavy (non-hydrogen) atoms. The molecule has 1 amide bonds. The largest absolute Gasteiger partial charge is 0.449 e. The van der Waals surface area contributed by atoms with Crippen molar-refractivity contribution in [3.8, 4) is 0 Å². The molecule has 3 rings (SSSR count). The van der Waals surface area contributed by atoms with Gasteiger partial charge in [-0.1, -0.05) is 20.8 Å². The van der Waals surface area contributed by atoms with Crippen LogP contribution in [0.5, 0.6) is 0 Å². The molecule has 0 spiro atoms. The number of halogens is 1. The molecule has 2 heterocycles. The average molecular weight is 452 g/mol. The fourth-order valence-electron chi connectivity index (χ4n) is 3.11. The second-order valence-corrected chi connectivity index (χ2v) is 10.6. The number of aromatic nitrogens is 1. The number of ether oxygens (including phenoxy) is 1. The Kier molecular flexibility index (Phi) is 6.51. The van der Waals surface area contributed by atoms with E-state index in [1.807, 2.05) is 20.8 Å². The van der Waals surface area contributed by atoms with Gasteiger partial charge in [0.15, 0.2) is 0 Å². The number of hydrogen-bond acceptors (Lipinski definition) is 6. The monoisotopic (exact) mass is 451 g/mol. The number of aliphatic hydroxyl groups excluding tert-OH is 1. The quantitative estimate of drug-likeness (QED) is 0.723. The highest BCUT2D eigenvalue weighted by Crippen LogP contribution is 2.34. The lowest BCUT2D eigenvalue weighted by Gasteiger charge is -2.34. The van der Waals surface area contributed by atoms with E-state index in [4.69, 9.17) is 4.74 Å². The third kappa shape index (κ3) is 5.50. The van der Waals surface area contributed by atoms with Crippen LogP contribution in [0.25, 0.3) is 0 Å². The molecule has 2 N–H and O–H groups in total. The third-order valence-corrected chi connectivity index (χ3v) is 6.46. The molecular formula is C21H26FN3O5S. The summed E-state index contributed by atoms with van der Waals surface area (Å²) in [5, 5.41) is 12.2. The maximum atomic E-state index is 13.3. The first-order chi connectivity index (χ1) is 14.5. The van der Waals surface area contributed by atoms with Gasteiger partial charge in [0.2, 0.25) is 0 Å². The summed E-state index contributed by atoms with van der Waals surface area (Å²) < 4.78 is 46.1. The first-order valence-corrected chi connectivity index (χ1v) is 11.3. The molecule has 1 atom stereocenters. The smallest absolute Gasteiger partial charge is 0.411 e. The van der Waals surface area contributed by atoms with E-state index in [0.29, 0.717) is 17.8 Å². The van der Waals surface area contributed by atoms with Gasteiger partial charge in [-0.15, -0.1) is 0 Å². The van der Waals surface area contributed by atoms with Crippen molar-refractivity contribution < 1.29 is 27.4 Å². The molecule has 1 aromatic heterocycles. The number of nitrogens with zero attached hydrogens (tertiary/aromatic N) is 2. The Balaban J connectivity index is 1.92. The molecule has 168 valence electrons. The van der Waals surface area contributed by atoms with Crippen LogP contribution in [0.3, 0.4) is 0 Å². The van der Waals surface area contributed by atoms with E-state index in [9.17, 15) is 22.7 Å². The highest BCUT2D eigenvalue weighted by molar-refractivity contribution is 7.92. The van der Waals surface area contributed by atoms with Crippen LogP contribution >= 0.6 is 0 Å². The Bertz CT molecular complexity index is 1050. The van der Waals surface area contributed by atoms with Gasteiger partial charge in [-0.3, -0.25) is 14.6 Å². The molecule has 0 fully saturated rings. The van der Waals surface area contributed by atoms with Crippen molar-refractivity contribution in [3.05, 3.63) is 48.0 Å². The molecule has 8 nitrogen and oxygen atoms in total. The lowest BCUT2D eigenvalue weighted by Crippen LogP contribution is -2.41. The van der Waals surface area contributed by atoms with Crippen LogP contribution in [0.4, 0.5) is 20.6 Å². The maximum Gasteiger partial charge on any atom is 0.411 e. The number of amides is 1. The summed E-state index contributed by atoms with van der Waals surface area (Å²) in [7, 11) is -4.04. The minimum atomic E-state index is -4.04. The van der Waals surface area contributed by atoms with Crippen molar-refractivity contribution in [1.82, 2.24) is 4.98 Å². The number of fused-ring (bicyclic) bond motifs is 1. The summed E-state index contributed by atoms with van der Waals surface area (Å²) in [4.78, 5) is 16.3. The molecule has 0 saturated heterocycles. The van der Waals surface area contributed by atoms with Crippen LogP contribution < -0.4 is 9.62 Å². The second-order valence-electron chi connectivity index (χ2n) is 8.69. The highest BCUT2D eigenvalue weighted by atomic mass is 32.2. The van der Waals surface area contributed by atoms with Crippen LogP contribution in [0, 0.1) is 17.2 Å². The fourth-order valence-corrected chi connectivity index (χ4v) is 4.67. The highest BCUT2D eigenvalue weighted by Gasteiger charge is 2.34. The van der Waals surface area contributed by atoms with Gasteiger partial charge in [0.05, 0.1) is 34.8 Å². The molecule has 1 unspecified atom stereocenters. The van der Waals surface area contributed by atoms with Crippen LogP contribution in [-0.2, 0) is 21.2 Å². The Morgan fingerprint density at radius 2 is 2.00 bits per heavy atom. The number of anilines is 2. The third-order valence-electron chi connectivity index (χ3n) is 4.66. The van der Waals surface area contributed by atoms with Crippen molar-refractivity contribution >= 4 is 27.5 Å². The Labute approximate surface area is 181 Å². The minimum absolute atomic E-state index is 0.0306. The van der Waals surface area contributed by atoms with Crippen LogP contribution in [0.2, 0.25) is 0 Å². The summed E-state index contributed by atoms with van der Waals surface area (Å²) in [6.07, 6.45) is 1.13. The molecule has 0 bridgehead atoms. The van der Waals surface area contributed by atoms with Gasteiger partial charge in [-0.05, 0) is 42.2 Å². The number of sulfonamides is 1. The number of rotatable bonds is 5. The van der Waals surface area contributed by atoms with E-state index in [0.717, 1.165) is 16.4 Å². The normalized spacial score (nSPS) is 16.5. The van der Waals surface area contributed by atoms with Gasteiger partial charge in [0, 0.05) is 19.1 Å². The van der Waals surface area contributed by atoms with Crippen molar-refractivity contribution in [3.63, 3.8) is 0 Å². The van der Waals surface area contributed by atoms with E-state index in [-0.39, 0.29) is 41.7 Å². The zero-order valence-corrected chi connectivity index (χ0v) is 18.4. The van der Waals surface area contributed by atoms with E-state index in [2.05, 4.69) is 10.3 Å². The Morgan fingerprint density at radius 1 is 1.32 bits per heavy atom. The minimum Gasteiger partial charge on any atom is -0.449 e. The topological polar surface area (TPSA) is 109 Å². The number of carbonyl (C=O) groups is 1. The molecule has 2 aromatic rings. The van der Waals surface area contributed by atoms with E-state index < -0.39 is 21.9 Å². The van der Waals surface area contributed by atoms with Crippen molar-refractivity contribution in [2.24, 2.45) is 11.3 Å². The van der Waals surface area contributed by atoms with Crippen LogP contribution in [-0.4, -0.2) is 44.4 Å². The summed E-state index contributed by atoms with van der Waals surface area (Å²) in [5.41, 5.74) is 0.844.